The second-order valence-corrected chi connectivity index (χ2v) is 8.45. The van der Waals surface area contributed by atoms with Gasteiger partial charge in [-0.15, -0.1) is 0 Å². The van der Waals surface area contributed by atoms with Crippen molar-refractivity contribution in [3.8, 4) is 0 Å². The van der Waals surface area contributed by atoms with Gasteiger partial charge in [0.15, 0.2) is 0 Å². The van der Waals surface area contributed by atoms with Crippen LogP contribution in [0, 0.1) is 0 Å². The number of sulfonamides is 1. The van der Waals surface area contributed by atoms with Crippen molar-refractivity contribution in [3.05, 3.63) is 65.7 Å². The summed E-state index contributed by atoms with van der Waals surface area (Å²) in [6.45, 7) is 2.98. The Hall–Kier alpha value is -2.18. The predicted molar refractivity (Wildman–Crippen MR) is 101 cm³/mol. The molecule has 0 saturated carbocycles. The van der Waals surface area contributed by atoms with Crippen LogP contribution in [0.15, 0.2) is 59.5 Å². The quantitative estimate of drug-likeness (QED) is 0.877. The summed E-state index contributed by atoms with van der Waals surface area (Å²) < 4.78 is 27.8. The minimum Gasteiger partial charge on any atom is -0.336 e. The van der Waals surface area contributed by atoms with Gasteiger partial charge in [0.2, 0.25) is 10.0 Å². The SMILES string of the molecule is CC1CCCCN1C(=O)c1cccc(S(=O)(=O)NCc2ccccc2)c1. The Morgan fingerprint density at radius 1 is 1.12 bits per heavy atom. The zero-order valence-corrected chi connectivity index (χ0v) is 15.7. The molecule has 1 N–H and O–H groups in total. The second kappa shape index (κ2) is 8.01. The van der Waals surface area contributed by atoms with Crippen LogP contribution >= 0.6 is 0 Å². The third kappa shape index (κ3) is 4.31. The fourth-order valence-corrected chi connectivity index (χ4v) is 4.28. The molecule has 0 spiro atoms. The zero-order chi connectivity index (χ0) is 18.6. The molecular formula is C20H24N2O3S. The van der Waals surface area contributed by atoms with Crippen molar-refractivity contribution in [2.24, 2.45) is 0 Å². The third-order valence-electron chi connectivity index (χ3n) is 4.76. The average molecular weight is 372 g/mol. The molecule has 0 bridgehead atoms. The molecule has 1 aliphatic rings. The number of carbonyl (C=O) groups excluding carboxylic acids is 1. The standard InChI is InChI=1S/C20H24N2O3S/c1-16-8-5-6-13-22(16)20(23)18-11-7-12-19(14-18)26(24,25)21-15-17-9-3-2-4-10-17/h2-4,7,9-12,14,16,21H,5-6,8,13,15H2,1H3. The molecule has 26 heavy (non-hydrogen) atoms. The summed E-state index contributed by atoms with van der Waals surface area (Å²) in [4.78, 5) is 14.7. The maximum absolute atomic E-state index is 12.8. The molecule has 138 valence electrons. The van der Waals surface area contributed by atoms with Crippen molar-refractivity contribution in [2.75, 3.05) is 6.54 Å². The van der Waals surface area contributed by atoms with Crippen LogP contribution in [0.4, 0.5) is 0 Å². The van der Waals surface area contributed by atoms with Crippen LogP contribution in [-0.4, -0.2) is 31.8 Å². The predicted octanol–water partition coefficient (Wildman–Crippen LogP) is 3.18. The lowest BCUT2D eigenvalue weighted by Crippen LogP contribution is -2.42. The third-order valence-corrected chi connectivity index (χ3v) is 6.16. The van der Waals surface area contributed by atoms with Crippen LogP contribution in [0.3, 0.4) is 0 Å². The highest BCUT2D eigenvalue weighted by atomic mass is 32.2. The number of nitrogens with one attached hydrogen (secondary N) is 1. The Morgan fingerprint density at radius 2 is 1.88 bits per heavy atom. The van der Waals surface area contributed by atoms with Crippen LogP contribution in [0.25, 0.3) is 0 Å². The molecule has 0 aromatic heterocycles. The summed E-state index contributed by atoms with van der Waals surface area (Å²) in [6.07, 6.45) is 3.11. The highest BCUT2D eigenvalue weighted by molar-refractivity contribution is 7.89. The minimum absolute atomic E-state index is 0.0997. The van der Waals surface area contributed by atoms with Crippen molar-refractivity contribution in [1.82, 2.24) is 9.62 Å². The van der Waals surface area contributed by atoms with Gasteiger partial charge >= 0.3 is 0 Å². The minimum atomic E-state index is -3.68. The highest BCUT2D eigenvalue weighted by Gasteiger charge is 2.25. The maximum atomic E-state index is 12.8. The van der Waals surface area contributed by atoms with E-state index in [2.05, 4.69) is 4.72 Å². The van der Waals surface area contributed by atoms with Crippen molar-refractivity contribution in [3.63, 3.8) is 0 Å². The first kappa shape index (κ1) is 18.6. The molecular weight excluding hydrogens is 348 g/mol. The molecule has 3 rings (SSSR count). The number of hydrogen-bond donors (Lipinski definition) is 1. The van der Waals surface area contributed by atoms with E-state index in [-0.39, 0.29) is 23.4 Å². The van der Waals surface area contributed by atoms with Gasteiger partial charge in [-0.25, -0.2) is 13.1 Å². The fourth-order valence-electron chi connectivity index (χ4n) is 3.22. The summed E-state index contributed by atoms with van der Waals surface area (Å²) in [5, 5.41) is 0. The summed E-state index contributed by atoms with van der Waals surface area (Å²) in [5.74, 6) is -0.0997. The second-order valence-electron chi connectivity index (χ2n) is 6.68. The number of carbonyl (C=O) groups is 1. The van der Waals surface area contributed by atoms with Gasteiger partial charge in [-0.3, -0.25) is 4.79 Å². The summed E-state index contributed by atoms with van der Waals surface area (Å²) in [6, 6.07) is 15.8. The van der Waals surface area contributed by atoms with Gasteiger partial charge in [-0.05, 0) is 49.9 Å². The summed E-state index contributed by atoms with van der Waals surface area (Å²) in [5.41, 5.74) is 1.30. The zero-order valence-electron chi connectivity index (χ0n) is 14.9. The largest absolute Gasteiger partial charge is 0.336 e. The van der Waals surface area contributed by atoms with Crippen LogP contribution in [-0.2, 0) is 16.6 Å². The average Bonchev–Trinajstić information content (AvgIpc) is 2.67. The van der Waals surface area contributed by atoms with Crippen LogP contribution in [0.1, 0.15) is 42.1 Å². The Balaban J connectivity index is 1.76. The van der Waals surface area contributed by atoms with Gasteiger partial charge in [0.25, 0.3) is 5.91 Å². The lowest BCUT2D eigenvalue weighted by molar-refractivity contribution is 0.0635. The molecule has 1 aliphatic heterocycles. The first-order valence-corrected chi connectivity index (χ1v) is 10.4. The van der Waals surface area contributed by atoms with E-state index in [0.717, 1.165) is 31.4 Å². The van der Waals surface area contributed by atoms with Gasteiger partial charge in [-0.1, -0.05) is 36.4 Å². The number of piperidine rings is 1. The van der Waals surface area contributed by atoms with E-state index < -0.39 is 10.0 Å². The Labute approximate surface area is 155 Å². The molecule has 1 atom stereocenters. The molecule has 1 heterocycles. The monoisotopic (exact) mass is 372 g/mol. The van der Waals surface area contributed by atoms with E-state index in [1.54, 1.807) is 12.1 Å². The molecule has 0 aliphatic carbocycles. The molecule has 0 radical (unpaired) electrons. The van der Waals surface area contributed by atoms with Crippen molar-refractivity contribution in [2.45, 2.75) is 43.7 Å². The van der Waals surface area contributed by atoms with E-state index in [4.69, 9.17) is 0 Å². The highest BCUT2D eigenvalue weighted by Crippen LogP contribution is 2.20. The van der Waals surface area contributed by atoms with Gasteiger partial charge in [0, 0.05) is 24.7 Å². The Kier molecular flexibility index (Phi) is 5.74. The van der Waals surface area contributed by atoms with Crippen molar-refractivity contribution in [1.29, 1.82) is 0 Å². The topological polar surface area (TPSA) is 66.5 Å². The molecule has 5 nitrogen and oxygen atoms in total. The lowest BCUT2D eigenvalue weighted by Gasteiger charge is -2.33. The van der Waals surface area contributed by atoms with Crippen LogP contribution < -0.4 is 4.72 Å². The number of hydrogen-bond acceptors (Lipinski definition) is 3. The maximum Gasteiger partial charge on any atom is 0.254 e. The number of nitrogens with zero attached hydrogens (tertiary/aromatic N) is 1. The summed E-state index contributed by atoms with van der Waals surface area (Å²) >= 11 is 0. The van der Waals surface area contributed by atoms with Crippen LogP contribution in [0.5, 0.6) is 0 Å². The molecule has 1 amide bonds. The lowest BCUT2D eigenvalue weighted by atomic mass is 10.0. The molecule has 2 aromatic rings. The summed E-state index contributed by atoms with van der Waals surface area (Å²) in [7, 11) is -3.68. The number of likely N-dealkylation sites (tertiary alicyclic amines) is 1. The smallest absolute Gasteiger partial charge is 0.254 e. The number of benzene rings is 2. The van der Waals surface area contributed by atoms with E-state index >= 15 is 0 Å². The molecule has 1 unspecified atom stereocenters. The van der Waals surface area contributed by atoms with E-state index in [9.17, 15) is 13.2 Å². The molecule has 2 aromatic carbocycles. The number of amides is 1. The molecule has 1 saturated heterocycles. The van der Waals surface area contributed by atoms with Gasteiger partial charge < -0.3 is 4.90 Å². The van der Waals surface area contributed by atoms with Gasteiger partial charge in [0.1, 0.15) is 0 Å². The van der Waals surface area contributed by atoms with Gasteiger partial charge in [-0.2, -0.15) is 0 Å². The van der Waals surface area contributed by atoms with E-state index in [0.29, 0.717) is 5.56 Å². The number of rotatable bonds is 5. The van der Waals surface area contributed by atoms with Gasteiger partial charge in [0.05, 0.1) is 4.90 Å². The first-order valence-electron chi connectivity index (χ1n) is 8.92. The fraction of sp³-hybridized carbons (Fsp3) is 0.350. The van der Waals surface area contributed by atoms with Crippen LogP contribution in [0.2, 0.25) is 0 Å². The van der Waals surface area contributed by atoms with E-state index in [1.165, 1.54) is 12.1 Å². The Bertz CT molecular complexity index is 866. The first-order chi connectivity index (χ1) is 12.5. The van der Waals surface area contributed by atoms with Crippen molar-refractivity contribution >= 4 is 15.9 Å². The van der Waals surface area contributed by atoms with Crippen molar-refractivity contribution < 1.29 is 13.2 Å². The molecule has 6 heteroatoms. The normalized spacial score (nSPS) is 17.9. The van der Waals surface area contributed by atoms with E-state index in [1.807, 2.05) is 42.2 Å². The Morgan fingerprint density at radius 3 is 2.62 bits per heavy atom. The molecule has 1 fully saturated rings.